The fraction of sp³-hybridized carbons (Fsp3) is 0.464. The fourth-order valence-electron chi connectivity index (χ4n) is 4.86. The van der Waals surface area contributed by atoms with E-state index in [2.05, 4.69) is 0 Å². The van der Waals surface area contributed by atoms with Crippen molar-refractivity contribution in [2.24, 2.45) is 5.92 Å². The van der Waals surface area contributed by atoms with Gasteiger partial charge in [-0.15, -0.1) is 0 Å². The lowest BCUT2D eigenvalue weighted by Crippen LogP contribution is -2.35. The molecular formula is C28H34BClO5. The van der Waals surface area contributed by atoms with Crippen LogP contribution in [0.3, 0.4) is 0 Å². The van der Waals surface area contributed by atoms with Gasteiger partial charge < -0.3 is 14.2 Å². The van der Waals surface area contributed by atoms with Crippen LogP contribution >= 0.6 is 11.6 Å². The van der Waals surface area contributed by atoms with Gasteiger partial charge in [0.1, 0.15) is 11.5 Å². The zero-order valence-corrected chi connectivity index (χ0v) is 21.2. The van der Waals surface area contributed by atoms with Gasteiger partial charge >= 0.3 is 6.92 Å². The van der Waals surface area contributed by atoms with Crippen molar-refractivity contribution in [2.75, 3.05) is 7.11 Å². The van der Waals surface area contributed by atoms with E-state index in [1.165, 1.54) is 19.3 Å². The zero-order chi connectivity index (χ0) is 25.0. The number of Topliss-reactive ketones (excluding diaryl/α,β-unsaturated/α-hetero) is 2. The number of ether oxygens (including phenoxy) is 1. The zero-order valence-electron chi connectivity index (χ0n) is 20.5. The Kier molecular flexibility index (Phi) is 10.9. The van der Waals surface area contributed by atoms with E-state index in [9.17, 15) is 14.4 Å². The molecule has 0 spiro atoms. The number of methoxy groups -OCH3 is 1. The SMILES string of the molecule is COc1ccc(Cl)cc1C(=O)CCCCc1ccc(B(CC(=O)CC2CCCCC2)OC=O)cc1. The molecule has 0 aliphatic heterocycles. The first-order valence-electron chi connectivity index (χ1n) is 12.6. The van der Waals surface area contributed by atoms with Gasteiger partial charge in [0.05, 0.1) is 12.7 Å². The van der Waals surface area contributed by atoms with E-state index in [1.807, 2.05) is 24.3 Å². The maximum atomic E-state index is 12.6. The van der Waals surface area contributed by atoms with Crippen molar-refractivity contribution in [3.8, 4) is 5.75 Å². The fourth-order valence-corrected chi connectivity index (χ4v) is 5.03. The molecular weight excluding hydrogens is 463 g/mol. The van der Waals surface area contributed by atoms with Crippen LogP contribution in [0.2, 0.25) is 11.3 Å². The van der Waals surface area contributed by atoms with E-state index in [-0.39, 0.29) is 17.9 Å². The summed E-state index contributed by atoms with van der Waals surface area (Å²) in [6.45, 7) is -0.110. The highest BCUT2D eigenvalue weighted by Crippen LogP contribution is 2.27. The van der Waals surface area contributed by atoms with Crippen molar-refractivity contribution in [3.63, 3.8) is 0 Å². The lowest BCUT2D eigenvalue weighted by Gasteiger charge is -2.21. The maximum Gasteiger partial charge on any atom is 0.402 e. The number of hydrogen-bond donors (Lipinski definition) is 0. The summed E-state index contributed by atoms with van der Waals surface area (Å²) in [6, 6.07) is 12.9. The molecule has 0 heterocycles. The van der Waals surface area contributed by atoms with Crippen molar-refractivity contribution >= 4 is 42.0 Å². The minimum absolute atomic E-state index is 0.0199. The first-order chi connectivity index (χ1) is 17.0. The van der Waals surface area contributed by atoms with Gasteiger partial charge in [0.2, 0.25) is 0 Å². The summed E-state index contributed by atoms with van der Waals surface area (Å²) in [5.41, 5.74) is 2.49. The summed E-state index contributed by atoms with van der Waals surface area (Å²) in [5.74, 6) is 1.20. The van der Waals surface area contributed by atoms with Gasteiger partial charge in [-0.3, -0.25) is 9.59 Å². The number of carbonyl (C=O) groups is 3. The van der Waals surface area contributed by atoms with Gasteiger partial charge in [-0.05, 0) is 54.4 Å². The van der Waals surface area contributed by atoms with Gasteiger partial charge in [-0.1, -0.05) is 68.0 Å². The summed E-state index contributed by atoms with van der Waals surface area (Å²) in [7, 11) is 1.54. The van der Waals surface area contributed by atoms with Crippen LogP contribution in [0.4, 0.5) is 0 Å². The van der Waals surface area contributed by atoms with Gasteiger partial charge in [-0.25, -0.2) is 0 Å². The van der Waals surface area contributed by atoms with Gasteiger partial charge in [-0.2, -0.15) is 0 Å². The molecule has 0 radical (unpaired) electrons. The van der Waals surface area contributed by atoms with Crippen LogP contribution in [0.15, 0.2) is 42.5 Å². The Morgan fingerprint density at radius 3 is 2.49 bits per heavy atom. The number of rotatable bonds is 14. The number of unbranched alkanes of at least 4 members (excludes halogenated alkanes) is 1. The molecule has 0 amide bonds. The topological polar surface area (TPSA) is 69.7 Å². The molecule has 5 nitrogen and oxygen atoms in total. The second kappa shape index (κ2) is 14.1. The highest BCUT2D eigenvalue weighted by Gasteiger charge is 2.26. The molecule has 7 heteroatoms. The first kappa shape index (κ1) is 27.0. The summed E-state index contributed by atoms with van der Waals surface area (Å²) in [6.07, 6.45) is 9.60. The Morgan fingerprint density at radius 2 is 1.80 bits per heavy atom. The van der Waals surface area contributed by atoms with Crippen molar-refractivity contribution < 1.29 is 23.8 Å². The molecule has 1 saturated carbocycles. The third kappa shape index (κ3) is 8.54. The molecule has 0 atom stereocenters. The molecule has 1 aliphatic carbocycles. The highest BCUT2D eigenvalue weighted by atomic mass is 35.5. The summed E-state index contributed by atoms with van der Waals surface area (Å²) < 4.78 is 10.5. The monoisotopic (exact) mass is 496 g/mol. The molecule has 3 rings (SSSR count). The van der Waals surface area contributed by atoms with Crippen LogP contribution in [0.5, 0.6) is 5.75 Å². The molecule has 0 unspecified atom stereocenters. The van der Waals surface area contributed by atoms with E-state index in [0.717, 1.165) is 43.1 Å². The Morgan fingerprint density at radius 1 is 1.06 bits per heavy atom. The van der Waals surface area contributed by atoms with Crippen molar-refractivity contribution in [3.05, 3.63) is 58.6 Å². The second-order valence-corrected chi connectivity index (χ2v) is 9.82. The number of hydrogen-bond acceptors (Lipinski definition) is 5. The summed E-state index contributed by atoms with van der Waals surface area (Å²) in [5, 5.41) is 0.516. The van der Waals surface area contributed by atoms with E-state index >= 15 is 0 Å². The standard InChI is InChI=1S/C28H34BClO5/c1-34-28-16-15-24(30)18-26(28)27(33)10-6-5-7-21-11-13-23(14-12-21)29(35-20-31)19-25(32)17-22-8-3-2-4-9-22/h11-16,18,20,22H,2-10,17,19H2,1H3. The quantitative estimate of drug-likeness (QED) is 0.142. The lowest BCUT2D eigenvalue weighted by atomic mass is 9.56. The molecule has 0 bridgehead atoms. The first-order valence-corrected chi connectivity index (χ1v) is 12.9. The Labute approximate surface area is 213 Å². The second-order valence-electron chi connectivity index (χ2n) is 9.39. The highest BCUT2D eigenvalue weighted by molar-refractivity contribution is 6.71. The number of benzene rings is 2. The average Bonchev–Trinajstić information content (AvgIpc) is 2.87. The largest absolute Gasteiger partial charge is 0.533 e. The van der Waals surface area contributed by atoms with E-state index in [1.54, 1.807) is 25.3 Å². The lowest BCUT2D eigenvalue weighted by molar-refractivity contribution is -0.121. The molecule has 35 heavy (non-hydrogen) atoms. The van der Waals surface area contributed by atoms with Crippen LogP contribution in [0, 0.1) is 5.92 Å². The molecule has 186 valence electrons. The van der Waals surface area contributed by atoms with E-state index in [0.29, 0.717) is 41.6 Å². The molecule has 0 saturated heterocycles. The Balaban J connectivity index is 1.47. The van der Waals surface area contributed by atoms with Crippen LogP contribution in [0.1, 0.15) is 73.7 Å². The number of halogens is 1. The van der Waals surface area contributed by atoms with Crippen molar-refractivity contribution in [1.82, 2.24) is 0 Å². The number of carbonyl (C=O) groups excluding carboxylic acids is 3. The number of ketones is 2. The predicted molar refractivity (Wildman–Crippen MR) is 140 cm³/mol. The van der Waals surface area contributed by atoms with E-state index in [4.69, 9.17) is 21.0 Å². The molecule has 1 aliphatic rings. The molecule has 0 aromatic heterocycles. The van der Waals surface area contributed by atoms with Crippen LogP contribution in [-0.2, 0) is 20.7 Å². The van der Waals surface area contributed by atoms with Gasteiger partial charge in [0, 0.05) is 24.2 Å². The van der Waals surface area contributed by atoms with Crippen LogP contribution < -0.4 is 10.2 Å². The Bertz CT molecular complexity index is 985. The minimum atomic E-state index is -0.539. The normalized spacial score (nSPS) is 13.8. The predicted octanol–water partition coefficient (Wildman–Crippen LogP) is 5.86. The third-order valence-electron chi connectivity index (χ3n) is 6.81. The van der Waals surface area contributed by atoms with E-state index < -0.39 is 6.92 Å². The minimum Gasteiger partial charge on any atom is -0.533 e. The molecule has 0 N–H and O–H groups in total. The van der Waals surface area contributed by atoms with Gasteiger partial charge in [0.25, 0.3) is 6.47 Å². The summed E-state index contributed by atoms with van der Waals surface area (Å²) in [4.78, 5) is 36.2. The third-order valence-corrected chi connectivity index (χ3v) is 7.04. The van der Waals surface area contributed by atoms with Crippen LogP contribution in [-0.4, -0.2) is 32.1 Å². The molecule has 1 fully saturated rings. The smallest absolute Gasteiger partial charge is 0.402 e. The van der Waals surface area contributed by atoms with Crippen LogP contribution in [0.25, 0.3) is 0 Å². The summed E-state index contributed by atoms with van der Waals surface area (Å²) >= 11 is 6.03. The van der Waals surface area contributed by atoms with Crippen molar-refractivity contribution in [2.45, 2.75) is 70.5 Å². The molecule has 2 aromatic carbocycles. The molecule has 2 aromatic rings. The average molecular weight is 497 g/mol. The maximum absolute atomic E-state index is 12.6. The van der Waals surface area contributed by atoms with Crippen molar-refractivity contribution in [1.29, 1.82) is 0 Å². The van der Waals surface area contributed by atoms with Gasteiger partial charge in [0.15, 0.2) is 5.78 Å². The number of aryl methyl sites for hydroxylation is 1. The Hall–Kier alpha value is -2.60.